The molecule has 0 spiro atoms. The van der Waals surface area contributed by atoms with Gasteiger partial charge in [-0.3, -0.25) is 14.5 Å². The molecule has 2 N–H and O–H groups in total. The summed E-state index contributed by atoms with van der Waals surface area (Å²) in [5.41, 5.74) is 0.532. The van der Waals surface area contributed by atoms with Crippen LogP contribution in [0.4, 0.5) is 15.8 Å². The van der Waals surface area contributed by atoms with Gasteiger partial charge in [-0.2, -0.15) is 4.98 Å². The summed E-state index contributed by atoms with van der Waals surface area (Å²) < 4.78 is 46.2. The average Bonchev–Trinajstić information content (AvgIpc) is 3.36. The van der Waals surface area contributed by atoms with Gasteiger partial charge in [-0.05, 0) is 62.4 Å². The van der Waals surface area contributed by atoms with Crippen LogP contribution in [0.25, 0.3) is 23.0 Å². The Labute approximate surface area is 200 Å². The summed E-state index contributed by atoms with van der Waals surface area (Å²) in [7, 11) is -3.88. The Morgan fingerprint density at radius 3 is 2.34 bits per heavy atom. The molecule has 0 aliphatic heterocycles. The minimum absolute atomic E-state index is 0.0287. The summed E-state index contributed by atoms with van der Waals surface area (Å²) in [6.45, 7) is 2.18. The molecule has 0 aliphatic rings. The quantitative estimate of drug-likeness (QED) is 0.374. The van der Waals surface area contributed by atoms with Gasteiger partial charge in [0.2, 0.25) is 11.7 Å². The van der Waals surface area contributed by atoms with Gasteiger partial charge < -0.3 is 9.84 Å². The summed E-state index contributed by atoms with van der Waals surface area (Å²) in [6.07, 6.45) is 4.52. The van der Waals surface area contributed by atoms with E-state index in [9.17, 15) is 17.6 Å². The molecule has 0 radical (unpaired) electrons. The summed E-state index contributed by atoms with van der Waals surface area (Å²) in [4.78, 5) is 24.4. The Morgan fingerprint density at radius 1 is 1.03 bits per heavy atom. The van der Waals surface area contributed by atoms with Gasteiger partial charge in [-0.15, -0.1) is 0 Å². The standard InChI is InChI=1S/C23H21FN6O4S/c1-23(2,14-24)22(31)27-16-5-7-17(8-6-16)30-35(32,33)18-9-3-15(4-10-18)20-28-21(34-29-20)19-13-25-11-12-26-19/h3-13,30H,14H2,1-2H3,(H,27,31). The van der Waals surface area contributed by atoms with E-state index >= 15 is 0 Å². The van der Waals surface area contributed by atoms with E-state index in [0.29, 0.717) is 22.6 Å². The van der Waals surface area contributed by atoms with Gasteiger partial charge in [0.25, 0.3) is 15.9 Å². The van der Waals surface area contributed by atoms with Crippen LogP contribution in [0.5, 0.6) is 0 Å². The smallest absolute Gasteiger partial charge is 0.278 e. The molecular weight excluding hydrogens is 475 g/mol. The lowest BCUT2D eigenvalue weighted by molar-refractivity contribution is -0.124. The van der Waals surface area contributed by atoms with Crippen LogP contribution in [0.1, 0.15) is 13.8 Å². The fourth-order valence-corrected chi connectivity index (χ4v) is 3.89. The van der Waals surface area contributed by atoms with Crippen molar-refractivity contribution in [2.75, 3.05) is 16.7 Å². The van der Waals surface area contributed by atoms with Crippen LogP contribution in [-0.2, 0) is 14.8 Å². The van der Waals surface area contributed by atoms with Gasteiger partial charge in [0.15, 0.2) is 0 Å². The molecule has 0 saturated carbocycles. The number of aromatic nitrogens is 4. The molecule has 0 aliphatic carbocycles. The number of sulfonamides is 1. The normalized spacial score (nSPS) is 11.7. The first-order valence-electron chi connectivity index (χ1n) is 10.4. The number of halogens is 1. The van der Waals surface area contributed by atoms with Crippen LogP contribution in [0, 0.1) is 5.41 Å². The van der Waals surface area contributed by atoms with E-state index in [2.05, 4.69) is 30.1 Å². The molecule has 2 aromatic heterocycles. The van der Waals surface area contributed by atoms with Crippen molar-refractivity contribution < 1.29 is 22.1 Å². The van der Waals surface area contributed by atoms with Gasteiger partial charge in [0, 0.05) is 29.3 Å². The first kappa shape index (κ1) is 24.0. The van der Waals surface area contributed by atoms with Gasteiger partial charge in [-0.25, -0.2) is 17.8 Å². The zero-order valence-corrected chi connectivity index (χ0v) is 19.6. The molecule has 0 bridgehead atoms. The fraction of sp³-hybridized carbons (Fsp3) is 0.174. The Balaban J connectivity index is 1.44. The van der Waals surface area contributed by atoms with Crippen LogP contribution in [-0.4, -0.2) is 41.1 Å². The van der Waals surface area contributed by atoms with Crippen molar-refractivity contribution in [3.05, 3.63) is 67.1 Å². The molecule has 0 saturated heterocycles. The number of benzene rings is 2. The molecule has 35 heavy (non-hydrogen) atoms. The van der Waals surface area contributed by atoms with E-state index in [4.69, 9.17) is 4.52 Å². The van der Waals surface area contributed by atoms with Crippen molar-refractivity contribution in [2.45, 2.75) is 18.7 Å². The summed E-state index contributed by atoms with van der Waals surface area (Å²) in [5, 5.41) is 6.51. The molecule has 12 heteroatoms. The minimum atomic E-state index is -3.88. The van der Waals surface area contributed by atoms with Gasteiger partial charge in [0.05, 0.1) is 16.5 Å². The highest BCUT2D eigenvalue weighted by molar-refractivity contribution is 7.92. The summed E-state index contributed by atoms with van der Waals surface area (Å²) in [5.74, 6) is -0.00525. The van der Waals surface area contributed by atoms with Gasteiger partial charge in [0.1, 0.15) is 12.4 Å². The highest BCUT2D eigenvalue weighted by Crippen LogP contribution is 2.24. The second-order valence-electron chi connectivity index (χ2n) is 8.19. The van der Waals surface area contributed by atoms with Crippen LogP contribution >= 0.6 is 0 Å². The number of anilines is 2. The van der Waals surface area contributed by atoms with Crippen LogP contribution in [0.3, 0.4) is 0 Å². The lowest BCUT2D eigenvalue weighted by atomic mass is 9.94. The summed E-state index contributed by atoms with van der Waals surface area (Å²) >= 11 is 0. The van der Waals surface area contributed by atoms with E-state index in [1.165, 1.54) is 68.8 Å². The molecule has 1 amide bonds. The highest BCUT2D eigenvalue weighted by atomic mass is 32.2. The number of amides is 1. The molecule has 4 rings (SSSR count). The van der Waals surface area contributed by atoms with Crippen molar-refractivity contribution in [3.63, 3.8) is 0 Å². The van der Waals surface area contributed by atoms with Crippen molar-refractivity contribution in [3.8, 4) is 23.0 Å². The number of alkyl halides is 1. The van der Waals surface area contributed by atoms with Gasteiger partial charge >= 0.3 is 0 Å². The monoisotopic (exact) mass is 496 g/mol. The van der Waals surface area contributed by atoms with E-state index in [-0.39, 0.29) is 16.6 Å². The maximum atomic E-state index is 13.0. The predicted octanol–water partition coefficient (Wildman–Crippen LogP) is 3.93. The second kappa shape index (κ2) is 9.58. The van der Waals surface area contributed by atoms with Crippen molar-refractivity contribution in [1.82, 2.24) is 20.1 Å². The molecule has 4 aromatic rings. The molecular formula is C23H21FN6O4S. The average molecular weight is 497 g/mol. The molecule has 2 aromatic carbocycles. The van der Waals surface area contributed by atoms with Crippen LogP contribution in [0.15, 0.2) is 76.5 Å². The second-order valence-corrected chi connectivity index (χ2v) is 9.88. The first-order chi connectivity index (χ1) is 16.7. The Bertz CT molecular complexity index is 1420. The number of rotatable bonds is 8. The zero-order valence-electron chi connectivity index (χ0n) is 18.8. The molecule has 0 fully saturated rings. The third-order valence-electron chi connectivity index (χ3n) is 4.97. The lowest BCUT2D eigenvalue weighted by Crippen LogP contribution is -2.32. The van der Waals surface area contributed by atoms with Crippen molar-refractivity contribution in [1.29, 1.82) is 0 Å². The maximum absolute atomic E-state index is 13.0. The molecule has 180 valence electrons. The van der Waals surface area contributed by atoms with Crippen molar-refractivity contribution in [2.24, 2.45) is 5.41 Å². The lowest BCUT2D eigenvalue weighted by Gasteiger charge is -2.19. The summed E-state index contributed by atoms with van der Waals surface area (Å²) in [6, 6.07) is 12.0. The van der Waals surface area contributed by atoms with Crippen LogP contribution < -0.4 is 10.0 Å². The topological polar surface area (TPSA) is 140 Å². The minimum Gasteiger partial charge on any atom is -0.332 e. The predicted molar refractivity (Wildman–Crippen MR) is 126 cm³/mol. The Kier molecular flexibility index (Phi) is 6.56. The van der Waals surface area contributed by atoms with Crippen LogP contribution in [0.2, 0.25) is 0 Å². The third-order valence-corrected chi connectivity index (χ3v) is 6.37. The van der Waals surface area contributed by atoms with E-state index in [0.717, 1.165) is 0 Å². The molecule has 10 nitrogen and oxygen atoms in total. The number of nitrogens with one attached hydrogen (secondary N) is 2. The van der Waals surface area contributed by atoms with E-state index in [1.807, 2.05) is 0 Å². The first-order valence-corrected chi connectivity index (χ1v) is 11.9. The van der Waals surface area contributed by atoms with E-state index in [1.54, 1.807) is 12.1 Å². The number of carbonyl (C=O) groups excluding carboxylic acids is 1. The van der Waals surface area contributed by atoms with E-state index < -0.39 is 28.0 Å². The third kappa shape index (κ3) is 5.49. The number of hydrogen-bond acceptors (Lipinski definition) is 8. The SMILES string of the molecule is CC(C)(CF)C(=O)Nc1ccc(NS(=O)(=O)c2ccc(-c3noc(-c4cnccn4)n3)cc2)cc1. The number of nitrogens with zero attached hydrogens (tertiary/aromatic N) is 4. The Hall–Kier alpha value is -4.19. The van der Waals surface area contributed by atoms with Crippen molar-refractivity contribution >= 4 is 27.3 Å². The number of hydrogen-bond donors (Lipinski definition) is 2. The highest BCUT2D eigenvalue weighted by Gasteiger charge is 2.27. The largest absolute Gasteiger partial charge is 0.332 e. The fourth-order valence-electron chi connectivity index (χ4n) is 2.83. The van der Waals surface area contributed by atoms with Gasteiger partial charge in [-0.1, -0.05) is 5.16 Å². The molecule has 2 heterocycles. The molecule has 0 atom stereocenters. The maximum Gasteiger partial charge on any atom is 0.278 e. The molecule has 0 unspecified atom stereocenters. The Morgan fingerprint density at radius 2 is 1.71 bits per heavy atom. The number of carbonyl (C=O) groups is 1. The zero-order chi connectivity index (χ0) is 25.1.